The van der Waals surface area contributed by atoms with Crippen LogP contribution in [0.25, 0.3) is 0 Å². The van der Waals surface area contributed by atoms with Gasteiger partial charge < -0.3 is 0 Å². The van der Waals surface area contributed by atoms with Gasteiger partial charge in [-0.2, -0.15) is 5.26 Å². The molecule has 0 spiro atoms. The average Bonchev–Trinajstić information content (AvgIpc) is 2.35. The molecule has 0 aromatic rings. The standard InChI is InChI=1S/C8H10FNO/c9-5-4-8(6-10)3-1-2-7(8)11/h1-5H2. The van der Waals surface area contributed by atoms with Crippen LogP contribution in [0, 0.1) is 16.7 Å². The van der Waals surface area contributed by atoms with Crippen molar-refractivity contribution >= 4 is 5.78 Å². The van der Waals surface area contributed by atoms with Gasteiger partial charge in [0.15, 0.2) is 5.78 Å². The number of hydrogen-bond donors (Lipinski definition) is 0. The van der Waals surface area contributed by atoms with Crippen molar-refractivity contribution in [2.45, 2.75) is 25.7 Å². The summed E-state index contributed by atoms with van der Waals surface area (Å²) >= 11 is 0. The van der Waals surface area contributed by atoms with Crippen LogP contribution in [0.15, 0.2) is 0 Å². The van der Waals surface area contributed by atoms with Crippen molar-refractivity contribution in [2.24, 2.45) is 5.41 Å². The quantitative estimate of drug-likeness (QED) is 0.607. The summed E-state index contributed by atoms with van der Waals surface area (Å²) in [6.45, 7) is -0.570. The van der Waals surface area contributed by atoms with Crippen molar-refractivity contribution < 1.29 is 9.18 Å². The Labute approximate surface area is 65.0 Å². The number of halogens is 1. The van der Waals surface area contributed by atoms with E-state index in [1.807, 2.05) is 6.07 Å². The largest absolute Gasteiger partial charge is 0.298 e. The molecule has 3 heteroatoms. The number of carbonyl (C=O) groups excluding carboxylic acids is 1. The first-order valence-corrected chi connectivity index (χ1v) is 3.76. The summed E-state index contributed by atoms with van der Waals surface area (Å²) in [5, 5.41) is 8.68. The SMILES string of the molecule is N#CC1(CCF)CCCC1=O. The third kappa shape index (κ3) is 1.25. The molecule has 0 N–H and O–H groups in total. The van der Waals surface area contributed by atoms with Gasteiger partial charge in [0.1, 0.15) is 5.41 Å². The Morgan fingerprint density at radius 1 is 1.73 bits per heavy atom. The van der Waals surface area contributed by atoms with Gasteiger partial charge in [0, 0.05) is 12.8 Å². The highest BCUT2D eigenvalue weighted by Crippen LogP contribution is 2.37. The minimum atomic E-state index is -0.964. The molecular weight excluding hydrogens is 145 g/mol. The number of Topliss-reactive ketones (excluding diaryl/α,β-unsaturated/α-hetero) is 1. The molecule has 1 saturated carbocycles. The highest BCUT2D eigenvalue weighted by atomic mass is 19.1. The molecule has 1 aliphatic rings. The van der Waals surface area contributed by atoms with Crippen LogP contribution in [-0.2, 0) is 4.79 Å². The number of rotatable bonds is 2. The van der Waals surface area contributed by atoms with Crippen LogP contribution >= 0.6 is 0 Å². The highest BCUT2D eigenvalue weighted by Gasteiger charge is 2.41. The lowest BCUT2D eigenvalue weighted by molar-refractivity contribution is -0.123. The topological polar surface area (TPSA) is 40.9 Å². The molecule has 1 unspecified atom stereocenters. The van der Waals surface area contributed by atoms with Crippen molar-refractivity contribution in [1.29, 1.82) is 5.26 Å². The van der Waals surface area contributed by atoms with Gasteiger partial charge >= 0.3 is 0 Å². The smallest absolute Gasteiger partial charge is 0.153 e. The predicted molar refractivity (Wildman–Crippen MR) is 37.5 cm³/mol. The van der Waals surface area contributed by atoms with E-state index in [1.165, 1.54) is 0 Å². The molecule has 1 fully saturated rings. The summed E-state index contributed by atoms with van der Waals surface area (Å²) < 4.78 is 11.9. The molecule has 1 atom stereocenters. The molecule has 0 saturated heterocycles. The Morgan fingerprint density at radius 3 is 2.82 bits per heavy atom. The minimum absolute atomic E-state index is 0.0716. The van der Waals surface area contributed by atoms with Crippen LogP contribution in [-0.4, -0.2) is 12.5 Å². The van der Waals surface area contributed by atoms with Gasteiger partial charge in [0.05, 0.1) is 12.7 Å². The van der Waals surface area contributed by atoms with Crippen molar-refractivity contribution in [3.63, 3.8) is 0 Å². The Morgan fingerprint density at radius 2 is 2.45 bits per heavy atom. The maximum atomic E-state index is 11.9. The van der Waals surface area contributed by atoms with E-state index in [0.29, 0.717) is 12.8 Å². The van der Waals surface area contributed by atoms with Crippen LogP contribution in [0.3, 0.4) is 0 Å². The van der Waals surface area contributed by atoms with E-state index in [1.54, 1.807) is 0 Å². The molecule has 0 bridgehead atoms. The summed E-state index contributed by atoms with van der Waals surface area (Å²) in [6.07, 6.45) is 1.83. The highest BCUT2D eigenvalue weighted by molar-refractivity contribution is 5.89. The number of carbonyl (C=O) groups is 1. The second-order valence-corrected chi connectivity index (χ2v) is 2.91. The molecule has 2 nitrogen and oxygen atoms in total. The van der Waals surface area contributed by atoms with Crippen molar-refractivity contribution in [1.82, 2.24) is 0 Å². The second-order valence-electron chi connectivity index (χ2n) is 2.91. The average molecular weight is 155 g/mol. The van der Waals surface area contributed by atoms with E-state index >= 15 is 0 Å². The lowest BCUT2D eigenvalue weighted by Gasteiger charge is -2.15. The van der Waals surface area contributed by atoms with Crippen LogP contribution < -0.4 is 0 Å². The predicted octanol–water partition coefficient (Wildman–Crippen LogP) is 1.61. The van der Waals surface area contributed by atoms with E-state index in [4.69, 9.17) is 5.26 Å². The van der Waals surface area contributed by atoms with E-state index in [-0.39, 0.29) is 12.2 Å². The zero-order chi connectivity index (χ0) is 8.32. The van der Waals surface area contributed by atoms with Crippen LogP contribution in [0.5, 0.6) is 0 Å². The Balaban J connectivity index is 2.75. The summed E-state index contributed by atoms with van der Waals surface area (Å²) in [5.74, 6) is -0.0716. The van der Waals surface area contributed by atoms with Gasteiger partial charge in [-0.3, -0.25) is 9.18 Å². The van der Waals surface area contributed by atoms with Gasteiger partial charge in [0.25, 0.3) is 0 Å². The Kier molecular flexibility index (Phi) is 2.23. The molecule has 0 aliphatic heterocycles. The van der Waals surface area contributed by atoms with Gasteiger partial charge in [-0.25, -0.2) is 0 Å². The van der Waals surface area contributed by atoms with Crippen LogP contribution in [0.1, 0.15) is 25.7 Å². The molecule has 60 valence electrons. The fraction of sp³-hybridized carbons (Fsp3) is 0.750. The zero-order valence-electron chi connectivity index (χ0n) is 6.27. The van der Waals surface area contributed by atoms with Crippen molar-refractivity contribution in [3.05, 3.63) is 0 Å². The zero-order valence-corrected chi connectivity index (χ0v) is 6.27. The summed E-state index contributed by atoms with van der Waals surface area (Å²) in [6, 6.07) is 1.94. The molecule has 1 rings (SSSR count). The van der Waals surface area contributed by atoms with E-state index in [2.05, 4.69) is 0 Å². The van der Waals surface area contributed by atoms with E-state index in [9.17, 15) is 9.18 Å². The Bertz CT molecular complexity index is 209. The summed E-state index contributed by atoms with van der Waals surface area (Å²) in [4.78, 5) is 11.1. The number of hydrogen-bond acceptors (Lipinski definition) is 2. The third-order valence-corrected chi connectivity index (χ3v) is 2.28. The molecule has 0 radical (unpaired) electrons. The third-order valence-electron chi connectivity index (χ3n) is 2.28. The number of alkyl halides is 1. The van der Waals surface area contributed by atoms with Crippen LogP contribution in [0.2, 0.25) is 0 Å². The molecule has 0 aromatic carbocycles. The first kappa shape index (κ1) is 8.19. The fourth-order valence-corrected chi connectivity index (χ4v) is 1.53. The van der Waals surface area contributed by atoms with Crippen LogP contribution in [0.4, 0.5) is 4.39 Å². The minimum Gasteiger partial charge on any atom is -0.298 e. The maximum Gasteiger partial charge on any atom is 0.153 e. The number of nitrogens with zero attached hydrogens (tertiary/aromatic N) is 1. The van der Waals surface area contributed by atoms with Crippen molar-refractivity contribution in [3.8, 4) is 6.07 Å². The normalized spacial score (nSPS) is 30.4. The summed E-state index contributed by atoms with van der Waals surface area (Å²) in [7, 11) is 0. The van der Waals surface area contributed by atoms with Gasteiger partial charge in [0.2, 0.25) is 0 Å². The maximum absolute atomic E-state index is 11.9. The second kappa shape index (κ2) is 3.00. The lowest BCUT2D eigenvalue weighted by Crippen LogP contribution is -2.24. The van der Waals surface area contributed by atoms with E-state index in [0.717, 1.165) is 6.42 Å². The molecule has 0 aromatic heterocycles. The molecule has 11 heavy (non-hydrogen) atoms. The van der Waals surface area contributed by atoms with Crippen molar-refractivity contribution in [2.75, 3.05) is 6.67 Å². The summed E-state index contributed by atoms with van der Waals surface area (Å²) in [5.41, 5.74) is -0.964. The van der Waals surface area contributed by atoms with Gasteiger partial charge in [-0.05, 0) is 12.8 Å². The van der Waals surface area contributed by atoms with Gasteiger partial charge in [-0.1, -0.05) is 0 Å². The molecular formula is C8H10FNO. The molecule has 0 amide bonds. The van der Waals surface area contributed by atoms with Gasteiger partial charge in [-0.15, -0.1) is 0 Å². The fourth-order valence-electron chi connectivity index (χ4n) is 1.53. The number of ketones is 1. The Hall–Kier alpha value is -0.910. The molecule has 0 heterocycles. The van der Waals surface area contributed by atoms with E-state index < -0.39 is 12.1 Å². The first-order chi connectivity index (χ1) is 5.25. The monoisotopic (exact) mass is 155 g/mol. The number of nitriles is 1. The first-order valence-electron chi connectivity index (χ1n) is 3.76. The lowest BCUT2D eigenvalue weighted by atomic mass is 9.84. The molecule has 1 aliphatic carbocycles.